The van der Waals surface area contributed by atoms with Gasteiger partial charge in [-0.15, -0.1) is 0 Å². The van der Waals surface area contributed by atoms with E-state index in [0.717, 1.165) is 30.7 Å². The van der Waals surface area contributed by atoms with Gasteiger partial charge in [-0.25, -0.2) is 0 Å². The van der Waals surface area contributed by atoms with Crippen LogP contribution in [0.2, 0.25) is 0 Å². The Morgan fingerprint density at radius 1 is 0.733 bits per heavy atom. The summed E-state index contributed by atoms with van der Waals surface area (Å²) in [5.74, 6) is 0. The second kappa shape index (κ2) is 10.5. The molecule has 0 unspecified atom stereocenters. The number of quaternary nitrogens is 1. The minimum atomic E-state index is 0.903. The lowest BCUT2D eigenvalue weighted by Gasteiger charge is -2.35. The van der Waals surface area contributed by atoms with Gasteiger partial charge < -0.3 is 16.3 Å². The van der Waals surface area contributed by atoms with Crippen LogP contribution in [0, 0.1) is 11.8 Å². The minimum Gasteiger partial charge on any atom is -0.512 e. The summed E-state index contributed by atoms with van der Waals surface area (Å²) in [5, 5.41) is 6.25. The van der Waals surface area contributed by atoms with E-state index in [-0.39, 0.29) is 0 Å². The van der Waals surface area contributed by atoms with Crippen LogP contribution in [0.15, 0.2) is 50.6 Å². The molecule has 2 nitrogen and oxygen atoms in total. The molecule has 0 amide bonds. The van der Waals surface area contributed by atoms with E-state index in [2.05, 4.69) is 26.3 Å². The molecule has 0 aliphatic rings. The third kappa shape index (κ3) is 6.48. The van der Waals surface area contributed by atoms with Crippen LogP contribution in [-0.4, -0.2) is 30.7 Å². The molecular weight excluding hydrogens is 184 g/mol. The summed E-state index contributed by atoms with van der Waals surface area (Å²) in [5.41, 5.74) is 0. The third-order valence-electron chi connectivity index (χ3n) is 2.07. The summed E-state index contributed by atoms with van der Waals surface area (Å²) >= 11 is 0. The molecule has 0 N–H and O–H groups in total. The Morgan fingerprint density at radius 3 is 1.07 bits per heavy atom. The first kappa shape index (κ1) is 15.9. The predicted molar refractivity (Wildman–Crippen MR) is 65.5 cm³/mol. The first-order chi connectivity index (χ1) is 7.24. The van der Waals surface area contributed by atoms with E-state index in [1.807, 2.05) is 24.3 Å². The van der Waals surface area contributed by atoms with Crippen molar-refractivity contribution in [3.05, 3.63) is 57.2 Å². The van der Waals surface area contributed by atoms with Crippen molar-refractivity contribution in [2.45, 2.75) is 0 Å². The highest BCUT2D eigenvalue weighted by Gasteiger charge is 2.20. The Labute approximate surface area is 93.7 Å². The quantitative estimate of drug-likeness (QED) is 0.339. The van der Waals surface area contributed by atoms with Gasteiger partial charge in [-0.3, -0.25) is 0 Å². The summed E-state index contributed by atoms with van der Waals surface area (Å²) in [7, 11) is 0. The van der Waals surface area contributed by atoms with E-state index in [4.69, 9.17) is 11.8 Å². The van der Waals surface area contributed by atoms with Crippen molar-refractivity contribution in [2.75, 3.05) is 26.2 Å². The molecule has 0 aromatic carbocycles. The van der Waals surface area contributed by atoms with Crippen molar-refractivity contribution < 1.29 is 4.48 Å². The molecule has 0 saturated carbocycles. The lowest BCUT2D eigenvalue weighted by molar-refractivity contribution is -0.906. The third-order valence-corrected chi connectivity index (χ3v) is 2.07. The zero-order valence-corrected chi connectivity index (χ0v) is 9.36. The smallest absolute Gasteiger partial charge is 0.0978 e. The van der Waals surface area contributed by atoms with E-state index in [1.54, 1.807) is 0 Å². The van der Waals surface area contributed by atoms with Gasteiger partial charge in [0.1, 0.15) is 0 Å². The molecular formula is C13H20N2. The molecule has 0 fully saturated rings. The van der Waals surface area contributed by atoms with E-state index in [0.29, 0.717) is 0 Å². The zero-order valence-electron chi connectivity index (χ0n) is 9.36. The number of nitrogens with zero attached hydrogens (tertiary/aromatic N) is 2. The molecule has 0 heterocycles. The highest BCUT2D eigenvalue weighted by atomic mass is 15.3. The van der Waals surface area contributed by atoms with Gasteiger partial charge in [-0.2, -0.15) is 0 Å². The molecule has 0 bridgehead atoms. The summed E-state index contributed by atoms with van der Waals surface area (Å²) in [4.78, 5) is 0. The minimum absolute atomic E-state index is 0.903. The molecule has 0 rings (SSSR count). The maximum Gasteiger partial charge on any atom is 0.0978 e. The highest BCUT2D eigenvalue weighted by Crippen LogP contribution is 2.07. The molecule has 0 aliphatic carbocycles. The fraction of sp³-hybridized carbons (Fsp3) is 0.308. The van der Waals surface area contributed by atoms with E-state index in [1.165, 1.54) is 0 Å². The number of hydrogen-bond acceptors (Lipinski definition) is 1. The van der Waals surface area contributed by atoms with Gasteiger partial charge in [0.2, 0.25) is 0 Å². The standard InChI is InChI=1S/C12H20N.CN/c1-5-9-13(10-6-2,11-7-3)12-8-4;1-2/h5-8H,1-4,9-12H2;/q+1;-1. The van der Waals surface area contributed by atoms with Crippen molar-refractivity contribution >= 4 is 0 Å². The van der Waals surface area contributed by atoms with Gasteiger partial charge in [0.05, 0.1) is 26.2 Å². The molecule has 2 heteroatoms. The SMILES string of the molecule is C=CC[N+](CC=C)(CC=C)CC=C.[C-]#N. The number of hydrogen-bond donors (Lipinski definition) is 0. The van der Waals surface area contributed by atoms with Crippen molar-refractivity contribution in [1.29, 1.82) is 5.26 Å². The van der Waals surface area contributed by atoms with Crippen molar-refractivity contribution in [1.82, 2.24) is 0 Å². The summed E-state index contributed by atoms with van der Waals surface area (Å²) in [6, 6.07) is 0. The van der Waals surface area contributed by atoms with Gasteiger partial charge >= 0.3 is 0 Å². The lowest BCUT2D eigenvalue weighted by Crippen LogP contribution is -2.48. The Kier molecular flexibility index (Phi) is 11.1. The van der Waals surface area contributed by atoms with Crippen LogP contribution in [0.3, 0.4) is 0 Å². The molecule has 0 saturated heterocycles. The average molecular weight is 204 g/mol. The molecule has 82 valence electrons. The van der Waals surface area contributed by atoms with Crippen molar-refractivity contribution in [2.24, 2.45) is 0 Å². The molecule has 0 aromatic heterocycles. The summed E-state index contributed by atoms with van der Waals surface area (Å²) in [6.07, 6.45) is 7.76. The van der Waals surface area contributed by atoms with Gasteiger partial charge in [-0.05, 0) is 24.3 Å². The topological polar surface area (TPSA) is 23.8 Å². The van der Waals surface area contributed by atoms with Crippen LogP contribution in [0.1, 0.15) is 0 Å². The predicted octanol–water partition coefficient (Wildman–Crippen LogP) is 2.64. The molecule has 0 spiro atoms. The molecule has 0 radical (unpaired) electrons. The van der Waals surface area contributed by atoms with Crippen LogP contribution >= 0.6 is 0 Å². The molecule has 15 heavy (non-hydrogen) atoms. The summed E-state index contributed by atoms with van der Waals surface area (Å²) < 4.78 is 0.903. The van der Waals surface area contributed by atoms with Crippen molar-refractivity contribution in [3.8, 4) is 0 Å². The molecule has 0 aromatic rings. The fourth-order valence-corrected chi connectivity index (χ4v) is 1.54. The van der Waals surface area contributed by atoms with Gasteiger partial charge in [0, 0.05) is 0 Å². The van der Waals surface area contributed by atoms with Crippen molar-refractivity contribution in [3.63, 3.8) is 0 Å². The van der Waals surface area contributed by atoms with Crippen LogP contribution < -0.4 is 0 Å². The first-order valence-corrected chi connectivity index (χ1v) is 4.75. The Morgan fingerprint density at radius 2 is 0.933 bits per heavy atom. The maximum atomic E-state index is 6.25. The second-order valence-electron chi connectivity index (χ2n) is 3.23. The van der Waals surface area contributed by atoms with Crippen LogP contribution in [0.25, 0.3) is 0 Å². The Bertz CT molecular complexity index is 180. The largest absolute Gasteiger partial charge is 0.512 e. The lowest BCUT2D eigenvalue weighted by atomic mass is 10.3. The molecule has 0 atom stereocenters. The Balaban J connectivity index is 0. The van der Waals surface area contributed by atoms with E-state index in [9.17, 15) is 0 Å². The van der Waals surface area contributed by atoms with Gasteiger partial charge in [0.15, 0.2) is 0 Å². The summed E-state index contributed by atoms with van der Waals surface area (Å²) in [6.45, 7) is 23.6. The number of rotatable bonds is 8. The molecule has 0 aliphatic heterocycles. The normalized spacial score (nSPS) is 9.20. The monoisotopic (exact) mass is 204 g/mol. The first-order valence-electron chi connectivity index (χ1n) is 4.75. The Hall–Kier alpha value is -1.59. The fourth-order valence-electron chi connectivity index (χ4n) is 1.54. The maximum absolute atomic E-state index is 6.25. The van der Waals surface area contributed by atoms with E-state index < -0.39 is 0 Å². The average Bonchev–Trinajstić information content (AvgIpc) is 2.22. The van der Waals surface area contributed by atoms with Gasteiger partial charge in [0.25, 0.3) is 0 Å². The second-order valence-corrected chi connectivity index (χ2v) is 3.23. The highest BCUT2D eigenvalue weighted by molar-refractivity contribution is 4.79. The van der Waals surface area contributed by atoms with Crippen LogP contribution in [-0.2, 0) is 0 Å². The van der Waals surface area contributed by atoms with E-state index >= 15 is 0 Å². The van der Waals surface area contributed by atoms with Crippen LogP contribution in [0.5, 0.6) is 0 Å². The van der Waals surface area contributed by atoms with Crippen LogP contribution in [0.4, 0.5) is 0 Å². The zero-order chi connectivity index (χ0) is 12.2. The van der Waals surface area contributed by atoms with Gasteiger partial charge in [-0.1, -0.05) is 26.3 Å².